The van der Waals surface area contributed by atoms with E-state index in [1.165, 1.54) is 13.8 Å². The van der Waals surface area contributed by atoms with Crippen LogP contribution < -0.4 is 0 Å². The van der Waals surface area contributed by atoms with Crippen LogP contribution in [0, 0.1) is 0 Å². The molecule has 0 amide bonds. The van der Waals surface area contributed by atoms with Gasteiger partial charge in [-0.3, -0.25) is 43.0 Å². The van der Waals surface area contributed by atoms with Crippen LogP contribution in [0.1, 0.15) is 69.2 Å². The van der Waals surface area contributed by atoms with E-state index in [4.69, 9.17) is 85.3 Å². The van der Waals surface area contributed by atoms with Crippen molar-refractivity contribution in [1.29, 1.82) is 0 Å². The fourth-order valence-electron chi connectivity index (χ4n) is 7.94. The average molecular weight is 909 g/mol. The van der Waals surface area contributed by atoms with Gasteiger partial charge in [-0.05, 0) is 6.92 Å². The van der Waals surface area contributed by atoms with E-state index in [-0.39, 0.29) is 0 Å². The van der Waals surface area contributed by atoms with Crippen LogP contribution in [0.4, 0.5) is 0 Å². The number of carbonyl (C=O) groups is 7. The van der Waals surface area contributed by atoms with Gasteiger partial charge in [0.1, 0.15) is 43.7 Å². The number of esters is 7. The standard InChI is InChI=1S/C38H52O25/c1-14(39)46-11-22-25(49-16(3)41)28(52-19(6)44)32-35(57-22)62-37(9,60-32)48-13-24-27(51-18(5)43)30(31-34(56-24)55-21(8)54-31)59-38(10)61-33-29(53-20(7)45)26(50-17(4)42)23(12-47-15(2)40)58-36(33)63-38/h21-36H,11-13H2,1-10H3/t21?,22-,23-,24-,25-,26-,27-,28+,29+,30+,31+,32+,33+,34-,35+,36+,37?,38?/m1/s1. The minimum absolute atomic E-state index is 0.411. The van der Waals surface area contributed by atoms with Crippen molar-refractivity contribution in [2.24, 2.45) is 0 Å². The van der Waals surface area contributed by atoms with E-state index in [2.05, 4.69) is 0 Å². The van der Waals surface area contributed by atoms with Crippen molar-refractivity contribution in [2.45, 2.75) is 180 Å². The fourth-order valence-corrected chi connectivity index (χ4v) is 7.94. The number of hydrogen-bond donors (Lipinski definition) is 0. The monoisotopic (exact) mass is 908 g/mol. The average Bonchev–Trinajstić information content (AvgIpc) is 3.82. The lowest BCUT2D eigenvalue weighted by molar-refractivity contribution is -0.396. The first-order valence-corrected chi connectivity index (χ1v) is 20.0. The van der Waals surface area contributed by atoms with Gasteiger partial charge < -0.3 is 75.8 Å². The molecule has 6 saturated heterocycles. The molecule has 0 aromatic rings. The highest BCUT2D eigenvalue weighted by Gasteiger charge is 2.64. The lowest BCUT2D eigenvalue weighted by atomic mass is 9.98. The van der Waals surface area contributed by atoms with Gasteiger partial charge in [-0.15, -0.1) is 0 Å². The quantitative estimate of drug-likeness (QED) is 0.154. The van der Waals surface area contributed by atoms with Crippen molar-refractivity contribution < 1.29 is 119 Å². The minimum atomic E-state index is -2.11. The van der Waals surface area contributed by atoms with Gasteiger partial charge in [0.25, 0.3) is 11.9 Å². The number of fused-ring (bicyclic) bond motifs is 3. The molecule has 18 atom stereocenters. The topological polar surface area (TPSA) is 286 Å². The van der Waals surface area contributed by atoms with Gasteiger partial charge in [0.05, 0.1) is 6.61 Å². The molecule has 0 spiro atoms. The van der Waals surface area contributed by atoms with E-state index in [0.717, 1.165) is 48.5 Å². The second kappa shape index (κ2) is 19.5. The predicted octanol–water partition coefficient (Wildman–Crippen LogP) is -0.713. The smallest absolute Gasteiger partial charge is 0.303 e. The molecule has 0 N–H and O–H groups in total. The molecule has 0 radical (unpaired) electrons. The first-order valence-electron chi connectivity index (χ1n) is 20.0. The zero-order valence-corrected chi connectivity index (χ0v) is 36.1. The summed E-state index contributed by atoms with van der Waals surface area (Å²) in [6.07, 6.45) is -20.1. The molecule has 63 heavy (non-hydrogen) atoms. The summed E-state index contributed by atoms with van der Waals surface area (Å²) < 4.78 is 105. The summed E-state index contributed by atoms with van der Waals surface area (Å²) in [7, 11) is 0. The third kappa shape index (κ3) is 11.6. The number of hydrogen-bond acceptors (Lipinski definition) is 25. The van der Waals surface area contributed by atoms with Crippen molar-refractivity contribution in [2.75, 3.05) is 19.8 Å². The Morgan fingerprint density at radius 2 is 0.794 bits per heavy atom. The minimum Gasteiger partial charge on any atom is -0.463 e. The van der Waals surface area contributed by atoms with E-state index < -0.39 is 172 Å². The van der Waals surface area contributed by atoms with E-state index in [0.29, 0.717) is 0 Å². The number of carbonyl (C=O) groups excluding carboxylic acids is 7. The Morgan fingerprint density at radius 3 is 1.24 bits per heavy atom. The lowest BCUT2D eigenvalue weighted by Crippen LogP contribution is -2.62. The summed E-state index contributed by atoms with van der Waals surface area (Å²) in [4.78, 5) is 85.1. The summed E-state index contributed by atoms with van der Waals surface area (Å²) in [5, 5.41) is 0. The molecule has 6 aliphatic rings. The Bertz CT molecular complexity index is 1740. The van der Waals surface area contributed by atoms with Crippen molar-refractivity contribution in [3.8, 4) is 0 Å². The van der Waals surface area contributed by atoms with Gasteiger partial charge in [0.15, 0.2) is 67.9 Å². The van der Waals surface area contributed by atoms with Gasteiger partial charge in [0, 0.05) is 62.3 Å². The lowest BCUT2D eigenvalue weighted by Gasteiger charge is -2.44. The summed E-state index contributed by atoms with van der Waals surface area (Å²) in [6.45, 7) is 10.9. The molecule has 0 bridgehead atoms. The van der Waals surface area contributed by atoms with Gasteiger partial charge in [0.2, 0.25) is 0 Å². The van der Waals surface area contributed by atoms with E-state index >= 15 is 0 Å². The molecule has 0 aromatic heterocycles. The van der Waals surface area contributed by atoms with Crippen molar-refractivity contribution in [3.63, 3.8) is 0 Å². The Morgan fingerprint density at radius 1 is 0.413 bits per heavy atom. The van der Waals surface area contributed by atoms with Crippen LogP contribution >= 0.6 is 0 Å². The molecule has 6 aliphatic heterocycles. The van der Waals surface area contributed by atoms with Crippen LogP contribution in [0.15, 0.2) is 0 Å². The van der Waals surface area contributed by atoms with Gasteiger partial charge >= 0.3 is 41.8 Å². The normalized spacial score (nSPS) is 41.5. The van der Waals surface area contributed by atoms with Crippen molar-refractivity contribution in [1.82, 2.24) is 0 Å². The molecule has 25 heteroatoms. The van der Waals surface area contributed by atoms with Crippen molar-refractivity contribution >= 4 is 41.8 Å². The molecule has 3 unspecified atom stereocenters. The maximum absolute atomic E-state index is 12.7. The molecular formula is C38H52O25. The third-order valence-corrected chi connectivity index (χ3v) is 10.1. The Kier molecular flexibility index (Phi) is 15.0. The van der Waals surface area contributed by atoms with E-state index in [1.807, 2.05) is 0 Å². The van der Waals surface area contributed by atoms with Crippen LogP contribution in [-0.2, 0) is 119 Å². The largest absolute Gasteiger partial charge is 0.463 e. The third-order valence-electron chi connectivity index (χ3n) is 10.1. The maximum Gasteiger partial charge on any atom is 0.303 e. The van der Waals surface area contributed by atoms with Crippen LogP contribution in [0.25, 0.3) is 0 Å². The SMILES string of the molecule is CC(=O)OC[C@H]1O[C@H]2OC(C)(OC[C@H]3O[C@H]4OC(C)O[C@H]4[C@@H](OC4(C)O[C@@H]5O[C@H](COC(C)=O)[C@@H](OC(C)=O)[C@H](OC(C)=O)[C@@H]5O4)[C@@H]3OC(C)=O)O[C@H]2[C@@H](OC(C)=O)[C@@H]1OC(C)=O. The highest BCUT2D eigenvalue weighted by atomic mass is 17.0. The Labute approximate surface area is 359 Å². The van der Waals surface area contributed by atoms with Crippen LogP contribution in [-0.4, -0.2) is 172 Å². The summed E-state index contributed by atoms with van der Waals surface area (Å²) in [5.41, 5.74) is 0. The Hall–Kier alpha value is -4.15. The molecule has 0 aromatic carbocycles. The Balaban J connectivity index is 1.24. The number of ether oxygens (including phenoxy) is 18. The first kappa shape index (κ1) is 48.3. The predicted molar refractivity (Wildman–Crippen MR) is 192 cm³/mol. The summed E-state index contributed by atoms with van der Waals surface area (Å²) in [5.74, 6) is -9.30. The molecular weight excluding hydrogens is 856 g/mol. The van der Waals surface area contributed by atoms with Gasteiger partial charge in [-0.2, -0.15) is 0 Å². The second-order valence-corrected chi connectivity index (χ2v) is 15.4. The zero-order valence-electron chi connectivity index (χ0n) is 36.1. The highest BCUT2D eigenvalue weighted by Crippen LogP contribution is 2.45. The van der Waals surface area contributed by atoms with E-state index in [1.54, 1.807) is 6.92 Å². The van der Waals surface area contributed by atoms with Crippen LogP contribution in [0.3, 0.4) is 0 Å². The zero-order chi connectivity index (χ0) is 46.1. The molecule has 6 fully saturated rings. The molecule has 0 saturated carbocycles. The van der Waals surface area contributed by atoms with Gasteiger partial charge in [-0.25, -0.2) is 0 Å². The second-order valence-electron chi connectivity index (χ2n) is 15.4. The molecule has 6 heterocycles. The van der Waals surface area contributed by atoms with Crippen LogP contribution in [0.2, 0.25) is 0 Å². The molecule has 354 valence electrons. The summed E-state index contributed by atoms with van der Waals surface area (Å²) in [6, 6.07) is 0. The highest BCUT2D eigenvalue weighted by molar-refractivity contribution is 5.69. The van der Waals surface area contributed by atoms with Crippen molar-refractivity contribution in [3.05, 3.63) is 0 Å². The van der Waals surface area contributed by atoms with Crippen LogP contribution in [0.5, 0.6) is 0 Å². The summed E-state index contributed by atoms with van der Waals surface area (Å²) >= 11 is 0. The number of rotatable bonds is 14. The maximum atomic E-state index is 12.7. The van der Waals surface area contributed by atoms with Gasteiger partial charge in [-0.1, -0.05) is 0 Å². The molecule has 6 rings (SSSR count). The molecule has 25 nitrogen and oxygen atoms in total. The molecule has 0 aliphatic carbocycles. The fraction of sp³-hybridized carbons (Fsp3) is 0.816. The van der Waals surface area contributed by atoms with E-state index in [9.17, 15) is 33.6 Å². The first-order chi connectivity index (χ1) is 29.5.